The first kappa shape index (κ1) is 15.9. The number of hydrogen-bond donors (Lipinski definition) is 1. The standard InChI is InChI=1S/C14H24N2O2S2/c1-4-8-15-10-13-9-14(11(3)19-13)20(17,18)16(5-2)12-6-7-12/h9,12,15H,4-8,10H2,1-3H3. The Labute approximate surface area is 126 Å². The Balaban J connectivity index is 2.18. The molecule has 4 nitrogen and oxygen atoms in total. The van der Waals surface area contributed by atoms with E-state index in [2.05, 4.69) is 12.2 Å². The van der Waals surface area contributed by atoms with Crippen molar-refractivity contribution in [3.8, 4) is 0 Å². The molecule has 0 bridgehead atoms. The zero-order valence-electron chi connectivity index (χ0n) is 12.5. The Morgan fingerprint density at radius 1 is 1.40 bits per heavy atom. The number of sulfonamides is 1. The summed E-state index contributed by atoms with van der Waals surface area (Å²) in [4.78, 5) is 2.50. The quantitative estimate of drug-likeness (QED) is 0.750. The Morgan fingerprint density at radius 3 is 2.65 bits per heavy atom. The van der Waals surface area contributed by atoms with Gasteiger partial charge in [0.25, 0.3) is 0 Å². The number of nitrogens with one attached hydrogen (secondary N) is 1. The van der Waals surface area contributed by atoms with Crippen molar-refractivity contribution in [2.75, 3.05) is 13.1 Å². The lowest BCUT2D eigenvalue weighted by Gasteiger charge is -2.19. The summed E-state index contributed by atoms with van der Waals surface area (Å²) in [6, 6.07) is 2.08. The molecule has 0 aliphatic heterocycles. The van der Waals surface area contributed by atoms with Crippen LogP contribution >= 0.6 is 11.3 Å². The maximum atomic E-state index is 12.7. The van der Waals surface area contributed by atoms with E-state index >= 15 is 0 Å². The molecule has 1 fully saturated rings. The van der Waals surface area contributed by atoms with Crippen LogP contribution in [0.5, 0.6) is 0 Å². The minimum absolute atomic E-state index is 0.228. The van der Waals surface area contributed by atoms with Gasteiger partial charge >= 0.3 is 0 Å². The normalized spacial score (nSPS) is 16.0. The predicted molar refractivity (Wildman–Crippen MR) is 83.6 cm³/mol. The highest BCUT2D eigenvalue weighted by molar-refractivity contribution is 7.89. The molecule has 0 amide bonds. The first-order valence-electron chi connectivity index (χ1n) is 7.32. The summed E-state index contributed by atoms with van der Waals surface area (Å²) < 4.78 is 27.1. The fourth-order valence-electron chi connectivity index (χ4n) is 2.37. The van der Waals surface area contributed by atoms with Crippen molar-refractivity contribution in [1.29, 1.82) is 0 Å². The second-order valence-corrected chi connectivity index (χ2v) is 8.45. The minimum atomic E-state index is -3.31. The van der Waals surface area contributed by atoms with E-state index in [1.807, 2.05) is 19.9 Å². The third-order valence-corrected chi connectivity index (χ3v) is 6.84. The van der Waals surface area contributed by atoms with Gasteiger partial charge < -0.3 is 5.32 Å². The average molecular weight is 316 g/mol. The molecule has 1 aromatic rings. The average Bonchev–Trinajstić information content (AvgIpc) is 3.13. The number of nitrogens with zero attached hydrogens (tertiary/aromatic N) is 1. The molecule has 6 heteroatoms. The number of thiophene rings is 1. The fraction of sp³-hybridized carbons (Fsp3) is 0.714. The summed E-state index contributed by atoms with van der Waals surface area (Å²) >= 11 is 1.58. The van der Waals surface area contributed by atoms with Crippen molar-refractivity contribution in [2.45, 2.75) is 57.5 Å². The van der Waals surface area contributed by atoms with Gasteiger partial charge in [-0.25, -0.2) is 8.42 Å². The second-order valence-electron chi connectivity index (χ2n) is 5.25. The van der Waals surface area contributed by atoms with Gasteiger partial charge in [0.15, 0.2) is 0 Å². The predicted octanol–water partition coefficient (Wildman–Crippen LogP) is 2.73. The van der Waals surface area contributed by atoms with Crippen LogP contribution in [0.25, 0.3) is 0 Å². The molecule has 1 saturated carbocycles. The molecule has 1 heterocycles. The van der Waals surface area contributed by atoms with Crippen molar-refractivity contribution in [1.82, 2.24) is 9.62 Å². The molecular weight excluding hydrogens is 292 g/mol. The zero-order valence-corrected chi connectivity index (χ0v) is 14.1. The van der Waals surface area contributed by atoms with E-state index in [1.54, 1.807) is 15.6 Å². The molecule has 0 saturated heterocycles. The van der Waals surface area contributed by atoms with Crippen LogP contribution in [0.4, 0.5) is 0 Å². The van der Waals surface area contributed by atoms with E-state index in [-0.39, 0.29) is 6.04 Å². The fourth-order valence-corrected chi connectivity index (χ4v) is 5.64. The van der Waals surface area contributed by atoms with Gasteiger partial charge in [0.1, 0.15) is 0 Å². The van der Waals surface area contributed by atoms with Crippen molar-refractivity contribution >= 4 is 21.4 Å². The van der Waals surface area contributed by atoms with Crippen LogP contribution in [-0.2, 0) is 16.6 Å². The molecule has 20 heavy (non-hydrogen) atoms. The van der Waals surface area contributed by atoms with Gasteiger partial charge in [-0.3, -0.25) is 0 Å². The summed E-state index contributed by atoms with van der Waals surface area (Å²) in [5, 5.41) is 3.32. The molecule has 1 aliphatic carbocycles. The number of hydrogen-bond acceptors (Lipinski definition) is 4. The SMILES string of the molecule is CCCNCc1cc(S(=O)(=O)N(CC)C2CC2)c(C)s1. The summed E-state index contributed by atoms with van der Waals surface area (Å²) in [5.41, 5.74) is 0. The van der Waals surface area contributed by atoms with Gasteiger partial charge in [0.2, 0.25) is 10.0 Å². The van der Waals surface area contributed by atoms with Crippen molar-refractivity contribution in [3.05, 3.63) is 15.8 Å². The smallest absolute Gasteiger partial charge is 0.244 e. The molecule has 1 aromatic heterocycles. The van der Waals surface area contributed by atoms with Crippen LogP contribution in [0, 0.1) is 6.92 Å². The molecule has 0 spiro atoms. The van der Waals surface area contributed by atoms with Crippen molar-refractivity contribution in [2.24, 2.45) is 0 Å². The van der Waals surface area contributed by atoms with E-state index in [4.69, 9.17) is 0 Å². The van der Waals surface area contributed by atoms with Gasteiger partial charge in [-0.15, -0.1) is 11.3 Å². The molecule has 114 valence electrons. The van der Waals surface area contributed by atoms with Crippen molar-refractivity contribution in [3.63, 3.8) is 0 Å². The van der Waals surface area contributed by atoms with Crippen LogP contribution < -0.4 is 5.32 Å². The maximum absolute atomic E-state index is 12.7. The minimum Gasteiger partial charge on any atom is -0.312 e. The molecule has 2 rings (SSSR count). The van der Waals surface area contributed by atoms with E-state index < -0.39 is 10.0 Å². The molecule has 0 unspecified atom stereocenters. The van der Waals surface area contributed by atoms with Crippen LogP contribution in [-0.4, -0.2) is 31.9 Å². The highest BCUT2D eigenvalue weighted by atomic mass is 32.2. The second kappa shape index (κ2) is 6.56. The lowest BCUT2D eigenvalue weighted by Crippen LogP contribution is -2.33. The van der Waals surface area contributed by atoms with Gasteiger partial charge in [-0.05, 0) is 38.8 Å². The molecule has 0 aromatic carbocycles. The highest BCUT2D eigenvalue weighted by Crippen LogP contribution is 2.35. The van der Waals surface area contributed by atoms with E-state index in [1.165, 1.54) is 0 Å². The Morgan fingerprint density at radius 2 is 2.10 bits per heavy atom. The Bertz CT molecular complexity index is 548. The van der Waals surface area contributed by atoms with Crippen molar-refractivity contribution < 1.29 is 8.42 Å². The molecule has 0 atom stereocenters. The Hall–Kier alpha value is -0.430. The monoisotopic (exact) mass is 316 g/mol. The van der Waals surface area contributed by atoms with Crippen LogP contribution in [0.15, 0.2) is 11.0 Å². The third kappa shape index (κ3) is 3.42. The van der Waals surface area contributed by atoms with Crippen LogP contribution in [0.2, 0.25) is 0 Å². The molecule has 1 N–H and O–H groups in total. The summed E-state index contributed by atoms with van der Waals surface area (Å²) in [7, 11) is -3.31. The van der Waals surface area contributed by atoms with Gasteiger partial charge in [-0.1, -0.05) is 13.8 Å². The summed E-state index contributed by atoms with van der Waals surface area (Å²) in [6.45, 7) is 8.22. The van der Waals surface area contributed by atoms with Gasteiger partial charge in [-0.2, -0.15) is 4.31 Å². The molecular formula is C14H24N2O2S2. The van der Waals surface area contributed by atoms with E-state index in [0.29, 0.717) is 11.4 Å². The Kier molecular flexibility index (Phi) is 5.23. The van der Waals surface area contributed by atoms with Gasteiger partial charge in [0.05, 0.1) is 4.90 Å². The first-order valence-corrected chi connectivity index (χ1v) is 9.58. The lowest BCUT2D eigenvalue weighted by molar-refractivity contribution is 0.421. The van der Waals surface area contributed by atoms with E-state index in [9.17, 15) is 8.42 Å². The summed E-state index contributed by atoms with van der Waals surface area (Å²) in [6.07, 6.45) is 3.09. The number of aryl methyl sites for hydroxylation is 1. The third-order valence-electron chi connectivity index (χ3n) is 3.50. The maximum Gasteiger partial charge on any atom is 0.244 e. The lowest BCUT2D eigenvalue weighted by atomic mass is 10.4. The highest BCUT2D eigenvalue weighted by Gasteiger charge is 2.38. The molecule has 0 radical (unpaired) electrons. The zero-order chi connectivity index (χ0) is 14.8. The molecule has 1 aliphatic rings. The topological polar surface area (TPSA) is 49.4 Å². The van der Waals surface area contributed by atoms with E-state index in [0.717, 1.165) is 42.1 Å². The van der Waals surface area contributed by atoms with Crippen LogP contribution in [0.3, 0.4) is 0 Å². The summed E-state index contributed by atoms with van der Waals surface area (Å²) in [5.74, 6) is 0. The first-order chi connectivity index (χ1) is 9.50. The van der Waals surface area contributed by atoms with Gasteiger partial charge in [0, 0.05) is 28.9 Å². The largest absolute Gasteiger partial charge is 0.312 e. The van der Waals surface area contributed by atoms with Crippen LogP contribution in [0.1, 0.15) is 42.9 Å². The number of rotatable bonds is 8.